The summed E-state index contributed by atoms with van der Waals surface area (Å²) >= 11 is 0. The van der Waals surface area contributed by atoms with Crippen LogP contribution in [0.4, 0.5) is 0 Å². The lowest BCUT2D eigenvalue weighted by molar-refractivity contribution is -0.870. The van der Waals surface area contributed by atoms with Crippen LogP contribution in [0.25, 0.3) is 0 Å². The van der Waals surface area contributed by atoms with E-state index in [1.54, 1.807) is 0 Å². The van der Waals surface area contributed by atoms with Crippen molar-refractivity contribution in [3.05, 3.63) is 146 Å². The summed E-state index contributed by atoms with van der Waals surface area (Å²) in [5, 5.41) is 3.03. The number of nitrogens with one attached hydrogen (secondary N) is 1. The van der Waals surface area contributed by atoms with Gasteiger partial charge in [-0.2, -0.15) is 0 Å². The molecule has 0 fully saturated rings. The zero-order valence-electron chi connectivity index (χ0n) is 58.1. The van der Waals surface area contributed by atoms with Gasteiger partial charge in [0.05, 0.1) is 33.8 Å². The Hall–Kier alpha value is -4.11. The van der Waals surface area contributed by atoms with Crippen LogP contribution in [0.2, 0.25) is 0 Å². The number of ether oxygens (including phenoxy) is 1. The van der Waals surface area contributed by atoms with Crippen molar-refractivity contribution in [2.75, 3.05) is 40.9 Å². The fraction of sp³-hybridized carbons (Fsp3) is 0.671. The van der Waals surface area contributed by atoms with Crippen molar-refractivity contribution < 1.29 is 37.3 Å². The highest BCUT2D eigenvalue weighted by atomic mass is 31.2. The van der Waals surface area contributed by atoms with Gasteiger partial charge in [0.25, 0.3) is 7.82 Å². The second-order valence-corrected chi connectivity index (χ2v) is 26.4. The second-order valence-electron chi connectivity index (χ2n) is 25.0. The first-order chi connectivity index (χ1) is 43.4. The van der Waals surface area contributed by atoms with Gasteiger partial charge in [0.15, 0.2) is 0 Å². The number of allylic oxidation sites excluding steroid dienone is 23. The Labute approximate surface area is 548 Å². The topological polar surface area (TPSA) is 114 Å². The number of quaternary nitrogens is 1. The van der Waals surface area contributed by atoms with E-state index in [0.29, 0.717) is 17.4 Å². The normalized spacial score (nSPS) is 14.4. The quantitative estimate of drug-likeness (QED) is 0.0212. The van der Waals surface area contributed by atoms with E-state index in [2.05, 4.69) is 160 Å². The van der Waals surface area contributed by atoms with Gasteiger partial charge < -0.3 is 28.5 Å². The molecule has 0 aliphatic rings. The molecule has 0 spiro atoms. The fourth-order valence-corrected chi connectivity index (χ4v) is 10.5. The second kappa shape index (κ2) is 66.8. The number of amides is 1. The smallest absolute Gasteiger partial charge is 0.306 e. The molecule has 1 N–H and O–H groups in total. The summed E-state index contributed by atoms with van der Waals surface area (Å²) < 4.78 is 30.5. The summed E-state index contributed by atoms with van der Waals surface area (Å²) in [7, 11) is 1.15. The van der Waals surface area contributed by atoms with Gasteiger partial charge in [-0.25, -0.2) is 0 Å². The summed E-state index contributed by atoms with van der Waals surface area (Å²) in [6.07, 6.45) is 96.8. The van der Waals surface area contributed by atoms with Crippen molar-refractivity contribution in [1.82, 2.24) is 5.32 Å². The molecule has 10 heteroatoms. The number of carbonyl (C=O) groups is 2. The van der Waals surface area contributed by atoms with Gasteiger partial charge in [0.1, 0.15) is 19.3 Å². The average molecular weight is 1260 g/mol. The van der Waals surface area contributed by atoms with Crippen LogP contribution in [0.15, 0.2) is 146 Å². The van der Waals surface area contributed by atoms with Crippen LogP contribution in [0.3, 0.4) is 0 Å². The van der Waals surface area contributed by atoms with Crippen LogP contribution in [0, 0.1) is 0 Å². The summed E-state index contributed by atoms with van der Waals surface area (Å²) in [5.74, 6) is -0.578. The summed E-state index contributed by atoms with van der Waals surface area (Å²) in [6, 6.07) is -0.915. The summed E-state index contributed by atoms with van der Waals surface area (Å²) in [5.41, 5.74) is 0. The monoisotopic (exact) mass is 1260 g/mol. The molecule has 0 heterocycles. The number of rotatable bonds is 64. The van der Waals surface area contributed by atoms with Gasteiger partial charge in [-0.05, 0) is 128 Å². The number of nitrogens with zero attached hydrogens (tertiary/aromatic N) is 1. The number of esters is 1. The van der Waals surface area contributed by atoms with Crippen molar-refractivity contribution in [3.63, 3.8) is 0 Å². The fourth-order valence-electron chi connectivity index (χ4n) is 9.79. The summed E-state index contributed by atoms with van der Waals surface area (Å²) in [6.45, 7) is 6.60. The molecular weight excluding hydrogens is 1120 g/mol. The van der Waals surface area contributed by atoms with Crippen LogP contribution in [0.1, 0.15) is 290 Å². The Bertz CT molecular complexity index is 2030. The van der Waals surface area contributed by atoms with E-state index in [-0.39, 0.29) is 31.3 Å². The highest BCUT2D eigenvalue weighted by molar-refractivity contribution is 7.45. The number of likely N-dealkylation sites (N-methyl/N-ethyl adjacent to an activating group) is 1. The maximum atomic E-state index is 13.6. The van der Waals surface area contributed by atoms with Crippen molar-refractivity contribution in [1.29, 1.82) is 0 Å². The van der Waals surface area contributed by atoms with Gasteiger partial charge in [-0.3, -0.25) is 14.2 Å². The lowest BCUT2D eigenvalue weighted by Crippen LogP contribution is -2.47. The van der Waals surface area contributed by atoms with E-state index in [4.69, 9.17) is 13.8 Å². The van der Waals surface area contributed by atoms with E-state index in [0.717, 1.165) is 148 Å². The molecule has 89 heavy (non-hydrogen) atoms. The zero-order chi connectivity index (χ0) is 64.9. The Morgan fingerprint density at radius 2 is 0.719 bits per heavy atom. The van der Waals surface area contributed by atoms with Gasteiger partial charge in [-0.1, -0.05) is 295 Å². The number of carbonyl (C=O) groups excluding carboxylic acids is 2. The number of hydrogen-bond acceptors (Lipinski definition) is 7. The highest BCUT2D eigenvalue weighted by Crippen LogP contribution is 2.38. The van der Waals surface area contributed by atoms with Crippen molar-refractivity contribution in [2.45, 2.75) is 303 Å². The Balaban J connectivity index is 5.16. The van der Waals surface area contributed by atoms with Crippen LogP contribution >= 0.6 is 7.82 Å². The van der Waals surface area contributed by atoms with E-state index >= 15 is 0 Å². The maximum Gasteiger partial charge on any atom is 0.306 e. The molecule has 0 aromatic carbocycles. The third-order valence-corrected chi connectivity index (χ3v) is 16.2. The Kier molecular flexibility index (Phi) is 63.7. The third-order valence-electron chi connectivity index (χ3n) is 15.3. The van der Waals surface area contributed by atoms with Gasteiger partial charge in [-0.15, -0.1) is 0 Å². The molecule has 3 atom stereocenters. The van der Waals surface area contributed by atoms with Crippen molar-refractivity contribution >= 4 is 19.7 Å². The number of phosphoric acid groups is 1. The van der Waals surface area contributed by atoms with Crippen molar-refractivity contribution in [2.24, 2.45) is 0 Å². The minimum Gasteiger partial charge on any atom is -0.756 e. The Morgan fingerprint density at radius 1 is 0.404 bits per heavy atom. The first-order valence-corrected chi connectivity index (χ1v) is 37.6. The SMILES string of the molecule is CC/C=C\C/C=C\C/C=C\C/C=C\C/C=C\C/C=C\CCCCCCC(=O)NC(COP(=O)([O-])OCC[N+](C)(C)C)C(/C=C/CCCCCCCCCCCCC)OC(=O)CCCCCCCCCCCCC/C=C\C/C=C\C/C=C\C/C=C\C/C=C\CC. The van der Waals surface area contributed by atoms with E-state index < -0.39 is 26.6 Å². The van der Waals surface area contributed by atoms with E-state index in [9.17, 15) is 19.0 Å². The van der Waals surface area contributed by atoms with Gasteiger partial charge >= 0.3 is 5.97 Å². The van der Waals surface area contributed by atoms with E-state index in [1.807, 2.05) is 33.3 Å². The molecular formula is C79H135N2O7P. The Morgan fingerprint density at radius 3 is 1.08 bits per heavy atom. The number of hydrogen-bond donors (Lipinski definition) is 1. The summed E-state index contributed by atoms with van der Waals surface area (Å²) in [4.78, 5) is 40.2. The molecule has 0 radical (unpaired) electrons. The third kappa shape index (κ3) is 68.1. The zero-order valence-corrected chi connectivity index (χ0v) is 59.0. The molecule has 0 rings (SSSR count). The molecule has 0 bridgehead atoms. The molecule has 0 aliphatic carbocycles. The molecule has 508 valence electrons. The van der Waals surface area contributed by atoms with Crippen LogP contribution in [-0.4, -0.2) is 69.4 Å². The molecule has 9 nitrogen and oxygen atoms in total. The van der Waals surface area contributed by atoms with Crippen molar-refractivity contribution in [3.8, 4) is 0 Å². The molecule has 1 amide bonds. The number of phosphoric ester groups is 1. The molecule has 0 aromatic heterocycles. The first kappa shape index (κ1) is 84.9. The number of unbranched alkanes of at least 4 members (excludes halogenated alkanes) is 26. The minimum atomic E-state index is -4.73. The molecule has 0 aromatic rings. The predicted octanol–water partition coefficient (Wildman–Crippen LogP) is 22.7. The molecule has 0 saturated carbocycles. The highest BCUT2D eigenvalue weighted by Gasteiger charge is 2.27. The van der Waals surface area contributed by atoms with Gasteiger partial charge in [0.2, 0.25) is 5.91 Å². The first-order valence-electron chi connectivity index (χ1n) is 36.1. The average Bonchev–Trinajstić information content (AvgIpc) is 3.64. The van der Waals surface area contributed by atoms with Crippen LogP contribution < -0.4 is 10.2 Å². The molecule has 3 unspecified atom stereocenters. The standard InChI is InChI=1S/C79H135N2O7P/c1-7-10-13-16-19-22-25-28-30-32-34-36-38-39-40-41-43-45-47-49-51-54-57-60-63-66-69-72-79(83)88-77(70-67-64-61-58-55-52-27-24-21-18-15-12-9-3)76(75-87-89(84,85)86-74-73-81(4,5)6)80-78(82)71-68-65-62-59-56-53-50-48-46-44-42-37-35-33-31-29-26-23-20-17-14-11-8-2/h10-11,13-14,19-20,22-23,28-31,34-37,39-40,44,46,50,53,67,70,76-77H,7-9,12,15-18,21,24-27,32-33,38,41-43,45,47-49,51-52,54-66,68-69,71-75H2,1-6H3,(H-,80,82,84,85)/b13-10-,14-11-,22-19-,23-20-,30-28-,31-29-,36-34-,37-35-,40-39-,46-44-,53-50-,70-67+. The molecule has 0 aliphatic heterocycles. The maximum absolute atomic E-state index is 13.6. The van der Waals surface area contributed by atoms with Gasteiger partial charge in [0, 0.05) is 12.8 Å². The van der Waals surface area contributed by atoms with Crippen LogP contribution in [0.5, 0.6) is 0 Å². The lowest BCUT2D eigenvalue weighted by atomic mass is 10.0. The molecule has 0 saturated heterocycles. The van der Waals surface area contributed by atoms with E-state index in [1.165, 1.54) is 103 Å². The largest absolute Gasteiger partial charge is 0.756 e. The lowest BCUT2D eigenvalue weighted by Gasteiger charge is -2.30. The minimum absolute atomic E-state index is 0.0356. The predicted molar refractivity (Wildman–Crippen MR) is 385 cm³/mol. The van der Waals surface area contributed by atoms with Crippen LogP contribution in [-0.2, 0) is 27.9 Å².